The summed E-state index contributed by atoms with van der Waals surface area (Å²) in [5.74, 6) is 0.130. The molecule has 2 N–H and O–H groups in total. The van der Waals surface area contributed by atoms with Crippen molar-refractivity contribution in [2.24, 2.45) is 5.73 Å². The lowest BCUT2D eigenvalue weighted by Crippen LogP contribution is -2.44. The number of carbonyl (C=O) groups excluding carboxylic acids is 1. The molecule has 0 radical (unpaired) electrons. The largest absolute Gasteiger partial charge is 0.334 e. The second kappa shape index (κ2) is 7.25. The fourth-order valence-electron chi connectivity index (χ4n) is 2.23. The van der Waals surface area contributed by atoms with Crippen LogP contribution in [-0.4, -0.2) is 54.5 Å². The predicted molar refractivity (Wildman–Crippen MR) is 70.6 cm³/mol. The zero-order chi connectivity index (χ0) is 12.7. The molecule has 0 bridgehead atoms. The summed E-state index contributed by atoms with van der Waals surface area (Å²) in [4.78, 5) is 16.0. The van der Waals surface area contributed by atoms with Gasteiger partial charge in [-0.15, -0.1) is 13.2 Å². The number of amides is 1. The normalized spacial score (nSPS) is 20.2. The predicted octanol–water partition coefficient (Wildman–Crippen LogP) is 0.610. The van der Waals surface area contributed by atoms with Crippen molar-refractivity contribution in [3.8, 4) is 0 Å². The summed E-state index contributed by atoms with van der Waals surface area (Å²) < 4.78 is 0. The zero-order valence-electron chi connectivity index (χ0n) is 10.5. The standard InChI is InChI=1S/C13H23N3O/c1-3-7-15(8-4-2)13(17)11-16-9-5-6-12(16)10-14/h3-4,12H,1-2,5-11,14H2. The summed E-state index contributed by atoms with van der Waals surface area (Å²) in [6, 6.07) is 0.369. The molecule has 4 nitrogen and oxygen atoms in total. The van der Waals surface area contributed by atoms with Crippen molar-refractivity contribution in [3.63, 3.8) is 0 Å². The Balaban J connectivity index is 2.50. The molecule has 17 heavy (non-hydrogen) atoms. The van der Waals surface area contributed by atoms with E-state index >= 15 is 0 Å². The van der Waals surface area contributed by atoms with Crippen LogP contribution < -0.4 is 5.73 Å². The van der Waals surface area contributed by atoms with E-state index in [2.05, 4.69) is 18.1 Å². The van der Waals surface area contributed by atoms with Gasteiger partial charge in [-0.1, -0.05) is 12.2 Å². The van der Waals surface area contributed by atoms with Gasteiger partial charge in [0.1, 0.15) is 0 Å². The van der Waals surface area contributed by atoms with Gasteiger partial charge in [-0.05, 0) is 19.4 Å². The van der Waals surface area contributed by atoms with Crippen LogP contribution >= 0.6 is 0 Å². The van der Waals surface area contributed by atoms with Crippen molar-refractivity contribution in [1.82, 2.24) is 9.80 Å². The van der Waals surface area contributed by atoms with Crippen molar-refractivity contribution in [3.05, 3.63) is 25.3 Å². The molecule has 4 heteroatoms. The summed E-state index contributed by atoms with van der Waals surface area (Å²) in [5, 5.41) is 0. The first kappa shape index (κ1) is 13.9. The Morgan fingerprint density at radius 1 is 1.41 bits per heavy atom. The van der Waals surface area contributed by atoms with Crippen molar-refractivity contribution in [2.75, 3.05) is 32.7 Å². The Kier molecular flexibility index (Phi) is 5.94. The molecule has 1 aliphatic rings. The topological polar surface area (TPSA) is 49.6 Å². The molecule has 1 atom stereocenters. The smallest absolute Gasteiger partial charge is 0.237 e. The van der Waals surface area contributed by atoms with Gasteiger partial charge in [0, 0.05) is 25.7 Å². The van der Waals surface area contributed by atoms with E-state index in [0.717, 1.165) is 19.4 Å². The van der Waals surface area contributed by atoms with Crippen molar-refractivity contribution in [2.45, 2.75) is 18.9 Å². The van der Waals surface area contributed by atoms with Crippen LogP contribution in [0.15, 0.2) is 25.3 Å². The van der Waals surface area contributed by atoms with Gasteiger partial charge >= 0.3 is 0 Å². The fourth-order valence-corrected chi connectivity index (χ4v) is 2.23. The van der Waals surface area contributed by atoms with Gasteiger partial charge in [-0.2, -0.15) is 0 Å². The Morgan fingerprint density at radius 3 is 2.59 bits per heavy atom. The highest BCUT2D eigenvalue weighted by Crippen LogP contribution is 2.15. The van der Waals surface area contributed by atoms with Gasteiger partial charge in [0.05, 0.1) is 6.54 Å². The summed E-state index contributed by atoms with van der Waals surface area (Å²) in [6.45, 7) is 10.6. The van der Waals surface area contributed by atoms with Gasteiger partial charge < -0.3 is 10.6 Å². The van der Waals surface area contributed by atoms with Crippen LogP contribution in [0.5, 0.6) is 0 Å². The number of hydrogen-bond donors (Lipinski definition) is 1. The SMILES string of the molecule is C=CCN(CC=C)C(=O)CN1CCCC1CN. The highest BCUT2D eigenvalue weighted by atomic mass is 16.2. The molecule has 0 aliphatic carbocycles. The number of carbonyl (C=O) groups is 1. The highest BCUT2D eigenvalue weighted by molar-refractivity contribution is 5.78. The number of hydrogen-bond acceptors (Lipinski definition) is 3. The van der Waals surface area contributed by atoms with E-state index in [-0.39, 0.29) is 5.91 Å². The maximum absolute atomic E-state index is 12.1. The van der Waals surface area contributed by atoms with Crippen LogP contribution in [0.3, 0.4) is 0 Å². The number of nitrogens with zero attached hydrogens (tertiary/aromatic N) is 2. The monoisotopic (exact) mass is 237 g/mol. The van der Waals surface area contributed by atoms with Crippen LogP contribution in [-0.2, 0) is 4.79 Å². The lowest BCUT2D eigenvalue weighted by molar-refractivity contribution is -0.131. The first-order valence-electron chi connectivity index (χ1n) is 6.16. The molecule has 1 rings (SSSR count). The maximum atomic E-state index is 12.1. The van der Waals surface area contributed by atoms with Crippen LogP contribution in [0, 0.1) is 0 Å². The van der Waals surface area contributed by atoms with E-state index in [1.165, 1.54) is 0 Å². The van der Waals surface area contributed by atoms with Crippen LogP contribution in [0.25, 0.3) is 0 Å². The molecule has 0 aromatic carbocycles. The summed E-state index contributed by atoms with van der Waals surface area (Å²) in [5.41, 5.74) is 5.69. The van der Waals surface area contributed by atoms with Gasteiger partial charge in [-0.25, -0.2) is 0 Å². The maximum Gasteiger partial charge on any atom is 0.237 e. The van der Waals surface area contributed by atoms with Crippen LogP contribution in [0.4, 0.5) is 0 Å². The molecule has 1 fully saturated rings. The molecule has 0 aromatic heterocycles. The second-order valence-electron chi connectivity index (χ2n) is 4.38. The van der Waals surface area contributed by atoms with E-state index in [1.54, 1.807) is 17.1 Å². The molecule has 0 aromatic rings. The van der Waals surface area contributed by atoms with Gasteiger partial charge in [0.15, 0.2) is 0 Å². The van der Waals surface area contributed by atoms with Crippen molar-refractivity contribution >= 4 is 5.91 Å². The lowest BCUT2D eigenvalue weighted by Gasteiger charge is -2.26. The second-order valence-corrected chi connectivity index (χ2v) is 4.38. The molecule has 1 saturated heterocycles. The van der Waals surface area contributed by atoms with E-state index in [4.69, 9.17) is 5.73 Å². The third kappa shape index (κ3) is 3.98. The molecule has 0 spiro atoms. The minimum atomic E-state index is 0.130. The van der Waals surface area contributed by atoms with Gasteiger partial charge in [-0.3, -0.25) is 9.69 Å². The number of rotatable bonds is 7. The third-order valence-electron chi connectivity index (χ3n) is 3.16. The third-order valence-corrected chi connectivity index (χ3v) is 3.16. The molecule has 96 valence electrons. The van der Waals surface area contributed by atoms with Crippen molar-refractivity contribution < 1.29 is 4.79 Å². The average molecular weight is 237 g/mol. The molecule has 1 aliphatic heterocycles. The lowest BCUT2D eigenvalue weighted by atomic mass is 10.2. The number of likely N-dealkylation sites (tertiary alicyclic amines) is 1. The minimum Gasteiger partial charge on any atom is -0.334 e. The average Bonchev–Trinajstić information content (AvgIpc) is 2.76. The summed E-state index contributed by atoms with van der Waals surface area (Å²) >= 11 is 0. The quantitative estimate of drug-likeness (QED) is 0.660. The first-order valence-corrected chi connectivity index (χ1v) is 6.16. The summed E-state index contributed by atoms with van der Waals surface area (Å²) in [7, 11) is 0. The van der Waals surface area contributed by atoms with Crippen LogP contribution in [0.2, 0.25) is 0 Å². The first-order chi connectivity index (χ1) is 8.22. The number of nitrogens with two attached hydrogens (primary N) is 1. The highest BCUT2D eigenvalue weighted by Gasteiger charge is 2.26. The Labute approximate surface area is 104 Å². The Bertz CT molecular complexity index is 268. The Hall–Kier alpha value is -1.13. The van der Waals surface area contributed by atoms with Gasteiger partial charge in [0.25, 0.3) is 0 Å². The Morgan fingerprint density at radius 2 is 2.06 bits per heavy atom. The minimum absolute atomic E-state index is 0.130. The van der Waals surface area contributed by atoms with E-state index in [1.807, 2.05) is 0 Å². The fraction of sp³-hybridized carbons (Fsp3) is 0.615. The van der Waals surface area contributed by atoms with E-state index < -0.39 is 0 Å². The molecule has 0 saturated carbocycles. The molecular formula is C13H23N3O. The van der Waals surface area contributed by atoms with E-state index in [9.17, 15) is 4.79 Å². The van der Waals surface area contributed by atoms with Gasteiger partial charge in [0.2, 0.25) is 5.91 Å². The molecule has 1 unspecified atom stereocenters. The molecule has 1 heterocycles. The van der Waals surface area contributed by atoms with Crippen molar-refractivity contribution in [1.29, 1.82) is 0 Å². The molecular weight excluding hydrogens is 214 g/mol. The summed E-state index contributed by atoms with van der Waals surface area (Å²) in [6.07, 6.45) is 5.72. The molecule has 1 amide bonds. The van der Waals surface area contributed by atoms with E-state index in [0.29, 0.717) is 32.2 Å². The van der Waals surface area contributed by atoms with Crippen LogP contribution in [0.1, 0.15) is 12.8 Å². The zero-order valence-corrected chi connectivity index (χ0v) is 10.5.